The Balaban J connectivity index is 2.09. The summed E-state index contributed by atoms with van der Waals surface area (Å²) in [7, 11) is 1.75. The Bertz CT molecular complexity index is 413. The van der Waals surface area contributed by atoms with Gasteiger partial charge in [-0.1, -0.05) is 19.8 Å². The van der Waals surface area contributed by atoms with E-state index in [-0.39, 0.29) is 5.56 Å². The smallest absolute Gasteiger partial charge is 0.293 e. The standard InChI is InChI=1S/C12H19N3O/c1-9-4-3-5-10(8-9)14-11-12(16)15(2)7-6-13-11/h6-7,9-10H,3-5,8H2,1-2H3,(H,13,14). The lowest BCUT2D eigenvalue weighted by Gasteiger charge is -2.27. The summed E-state index contributed by atoms with van der Waals surface area (Å²) in [6.45, 7) is 2.27. The third-order valence-corrected chi connectivity index (χ3v) is 3.29. The fourth-order valence-electron chi connectivity index (χ4n) is 2.36. The van der Waals surface area contributed by atoms with E-state index in [1.165, 1.54) is 12.8 Å². The zero-order valence-electron chi connectivity index (χ0n) is 9.94. The Labute approximate surface area is 95.7 Å². The summed E-state index contributed by atoms with van der Waals surface area (Å²) in [5, 5.41) is 3.28. The number of hydrogen-bond acceptors (Lipinski definition) is 3. The van der Waals surface area contributed by atoms with Gasteiger partial charge in [0.15, 0.2) is 5.82 Å². The predicted molar refractivity (Wildman–Crippen MR) is 64.5 cm³/mol. The van der Waals surface area contributed by atoms with Crippen molar-refractivity contribution in [2.75, 3.05) is 5.32 Å². The lowest BCUT2D eigenvalue weighted by atomic mass is 9.87. The van der Waals surface area contributed by atoms with Gasteiger partial charge in [-0.2, -0.15) is 0 Å². The third kappa shape index (κ3) is 2.43. The Morgan fingerprint density at radius 3 is 3.06 bits per heavy atom. The van der Waals surface area contributed by atoms with E-state index in [0.29, 0.717) is 11.9 Å². The summed E-state index contributed by atoms with van der Waals surface area (Å²) < 4.78 is 1.56. The molecule has 1 saturated carbocycles. The quantitative estimate of drug-likeness (QED) is 0.828. The number of hydrogen-bond donors (Lipinski definition) is 1. The van der Waals surface area contributed by atoms with Crippen LogP contribution in [0.15, 0.2) is 17.2 Å². The average Bonchev–Trinajstić information content (AvgIpc) is 2.25. The van der Waals surface area contributed by atoms with Gasteiger partial charge in [-0.25, -0.2) is 4.98 Å². The van der Waals surface area contributed by atoms with Crippen LogP contribution in [0.25, 0.3) is 0 Å². The Morgan fingerprint density at radius 1 is 1.50 bits per heavy atom. The fraction of sp³-hybridized carbons (Fsp3) is 0.667. The topological polar surface area (TPSA) is 46.9 Å². The number of aromatic nitrogens is 2. The van der Waals surface area contributed by atoms with Gasteiger partial charge >= 0.3 is 0 Å². The van der Waals surface area contributed by atoms with Crippen molar-refractivity contribution < 1.29 is 0 Å². The van der Waals surface area contributed by atoms with E-state index in [2.05, 4.69) is 17.2 Å². The van der Waals surface area contributed by atoms with Crippen molar-refractivity contribution >= 4 is 5.82 Å². The highest BCUT2D eigenvalue weighted by Crippen LogP contribution is 2.24. The summed E-state index contributed by atoms with van der Waals surface area (Å²) >= 11 is 0. The highest BCUT2D eigenvalue weighted by atomic mass is 16.1. The molecule has 2 rings (SSSR count). The first-order valence-electron chi connectivity index (χ1n) is 5.95. The fourth-order valence-corrected chi connectivity index (χ4v) is 2.36. The lowest BCUT2D eigenvalue weighted by molar-refractivity contribution is 0.358. The predicted octanol–water partition coefficient (Wildman–Crippen LogP) is 1.77. The molecule has 1 aliphatic rings. The van der Waals surface area contributed by atoms with Gasteiger partial charge in [0, 0.05) is 25.5 Å². The molecule has 1 aromatic heterocycles. The van der Waals surface area contributed by atoms with Gasteiger partial charge in [0.2, 0.25) is 0 Å². The van der Waals surface area contributed by atoms with Gasteiger partial charge in [-0.15, -0.1) is 0 Å². The molecule has 2 atom stereocenters. The summed E-state index contributed by atoms with van der Waals surface area (Å²) in [5.41, 5.74) is -0.0410. The zero-order chi connectivity index (χ0) is 11.5. The second-order valence-electron chi connectivity index (χ2n) is 4.80. The number of rotatable bonds is 2. The third-order valence-electron chi connectivity index (χ3n) is 3.29. The molecule has 1 fully saturated rings. The number of anilines is 1. The van der Waals surface area contributed by atoms with Crippen molar-refractivity contribution in [1.29, 1.82) is 0 Å². The van der Waals surface area contributed by atoms with E-state index in [4.69, 9.17) is 0 Å². The van der Waals surface area contributed by atoms with E-state index in [9.17, 15) is 4.79 Å². The van der Waals surface area contributed by atoms with Crippen LogP contribution < -0.4 is 10.9 Å². The van der Waals surface area contributed by atoms with Crippen molar-refractivity contribution in [3.63, 3.8) is 0 Å². The summed E-state index contributed by atoms with van der Waals surface area (Å²) in [4.78, 5) is 15.9. The number of nitrogens with zero attached hydrogens (tertiary/aromatic N) is 2. The molecular weight excluding hydrogens is 202 g/mol. The van der Waals surface area contributed by atoms with E-state index in [1.807, 2.05) is 0 Å². The summed E-state index contributed by atoms with van der Waals surface area (Å²) in [6.07, 6.45) is 8.17. The van der Waals surface area contributed by atoms with Crippen LogP contribution in [-0.2, 0) is 7.05 Å². The van der Waals surface area contributed by atoms with E-state index in [0.717, 1.165) is 18.8 Å². The van der Waals surface area contributed by atoms with Crippen molar-refractivity contribution in [3.05, 3.63) is 22.7 Å². The molecule has 0 radical (unpaired) electrons. The van der Waals surface area contributed by atoms with E-state index >= 15 is 0 Å². The Kier molecular flexibility index (Phi) is 3.27. The SMILES string of the molecule is CC1CCCC(Nc2nccn(C)c2=O)C1. The van der Waals surface area contributed by atoms with Crippen LogP contribution in [-0.4, -0.2) is 15.6 Å². The molecule has 0 bridgehead atoms. The Hall–Kier alpha value is -1.32. The highest BCUT2D eigenvalue weighted by Gasteiger charge is 2.19. The van der Waals surface area contributed by atoms with E-state index < -0.39 is 0 Å². The Morgan fingerprint density at radius 2 is 2.31 bits per heavy atom. The molecule has 0 amide bonds. The van der Waals surface area contributed by atoms with Gasteiger partial charge in [0.05, 0.1) is 0 Å². The largest absolute Gasteiger partial charge is 0.363 e. The molecule has 1 N–H and O–H groups in total. The van der Waals surface area contributed by atoms with E-state index in [1.54, 1.807) is 24.0 Å². The second-order valence-corrected chi connectivity index (χ2v) is 4.80. The van der Waals surface area contributed by atoms with Crippen LogP contribution in [0.2, 0.25) is 0 Å². The maximum Gasteiger partial charge on any atom is 0.293 e. The van der Waals surface area contributed by atoms with Gasteiger partial charge in [0.25, 0.3) is 5.56 Å². The minimum atomic E-state index is -0.0410. The first-order chi connectivity index (χ1) is 7.66. The molecule has 0 spiro atoms. The summed E-state index contributed by atoms with van der Waals surface area (Å²) in [5.74, 6) is 1.24. The monoisotopic (exact) mass is 221 g/mol. The van der Waals surface area contributed by atoms with Gasteiger partial charge < -0.3 is 9.88 Å². The molecule has 0 aromatic carbocycles. The lowest BCUT2D eigenvalue weighted by Crippen LogP contribution is -2.31. The molecule has 4 nitrogen and oxygen atoms in total. The van der Waals surface area contributed by atoms with Crippen LogP contribution in [0.5, 0.6) is 0 Å². The molecule has 1 aromatic rings. The van der Waals surface area contributed by atoms with Crippen molar-refractivity contribution in [2.45, 2.75) is 38.6 Å². The molecule has 4 heteroatoms. The van der Waals surface area contributed by atoms with Gasteiger partial charge in [-0.3, -0.25) is 4.79 Å². The van der Waals surface area contributed by atoms with Crippen molar-refractivity contribution in [3.8, 4) is 0 Å². The number of aryl methyl sites for hydroxylation is 1. The molecule has 0 aliphatic heterocycles. The van der Waals surface area contributed by atoms with Crippen LogP contribution in [0, 0.1) is 5.92 Å². The maximum absolute atomic E-state index is 11.8. The second kappa shape index (κ2) is 4.68. The zero-order valence-corrected chi connectivity index (χ0v) is 9.94. The maximum atomic E-state index is 11.8. The highest BCUT2D eigenvalue weighted by molar-refractivity contribution is 5.32. The normalized spacial score (nSPS) is 25.4. The molecule has 1 heterocycles. The van der Waals surface area contributed by atoms with Crippen LogP contribution in [0.3, 0.4) is 0 Å². The van der Waals surface area contributed by atoms with Crippen molar-refractivity contribution in [2.24, 2.45) is 13.0 Å². The molecule has 1 aliphatic carbocycles. The first kappa shape index (κ1) is 11.2. The molecule has 0 saturated heterocycles. The average molecular weight is 221 g/mol. The van der Waals surface area contributed by atoms with Crippen LogP contribution >= 0.6 is 0 Å². The van der Waals surface area contributed by atoms with Gasteiger partial charge in [0.1, 0.15) is 0 Å². The number of nitrogens with one attached hydrogen (secondary N) is 1. The molecule has 16 heavy (non-hydrogen) atoms. The minimum Gasteiger partial charge on any atom is -0.363 e. The van der Waals surface area contributed by atoms with Gasteiger partial charge in [-0.05, 0) is 18.8 Å². The first-order valence-corrected chi connectivity index (χ1v) is 5.95. The molecular formula is C12H19N3O. The van der Waals surface area contributed by atoms with Crippen molar-refractivity contribution in [1.82, 2.24) is 9.55 Å². The molecule has 88 valence electrons. The summed E-state index contributed by atoms with van der Waals surface area (Å²) in [6, 6.07) is 0.409. The van der Waals surface area contributed by atoms with Crippen LogP contribution in [0.4, 0.5) is 5.82 Å². The molecule has 2 unspecified atom stereocenters. The van der Waals surface area contributed by atoms with Crippen LogP contribution in [0.1, 0.15) is 32.6 Å². The minimum absolute atomic E-state index is 0.0410.